The molecule has 0 amide bonds. The van der Waals surface area contributed by atoms with Crippen LogP contribution in [0.25, 0.3) is 6.08 Å². The molecule has 3 heteroatoms. The Morgan fingerprint density at radius 1 is 1.17 bits per heavy atom. The topological polar surface area (TPSA) is 57.5 Å². The Hall–Kier alpha value is -1.77. The number of aliphatic hydroxyl groups is 1. The molecule has 0 spiro atoms. The minimum Gasteiger partial charge on any atom is -0.502 e. The largest absolute Gasteiger partial charge is 0.502 e. The van der Waals surface area contributed by atoms with Gasteiger partial charge in [-0.2, -0.15) is 0 Å². The lowest BCUT2D eigenvalue weighted by Gasteiger charge is -1.92. The van der Waals surface area contributed by atoms with Crippen molar-refractivity contribution in [1.82, 2.24) is 0 Å². The van der Waals surface area contributed by atoms with Gasteiger partial charge >= 0.3 is 5.97 Å². The summed E-state index contributed by atoms with van der Waals surface area (Å²) in [6.07, 6.45) is 1.20. The summed E-state index contributed by atoms with van der Waals surface area (Å²) in [5, 5.41) is 17.2. The first-order chi connectivity index (χ1) is 5.70. The maximum Gasteiger partial charge on any atom is 0.370 e. The molecule has 0 saturated heterocycles. The lowest BCUT2D eigenvalue weighted by atomic mass is 10.2. The fourth-order valence-corrected chi connectivity index (χ4v) is 0.769. The summed E-state index contributed by atoms with van der Waals surface area (Å²) >= 11 is 0. The van der Waals surface area contributed by atoms with E-state index in [0.717, 1.165) is 0 Å². The maximum atomic E-state index is 10.2. The van der Waals surface area contributed by atoms with E-state index in [1.54, 1.807) is 24.3 Å². The van der Waals surface area contributed by atoms with Gasteiger partial charge in [0.2, 0.25) is 5.76 Å². The quantitative estimate of drug-likeness (QED) is 0.516. The van der Waals surface area contributed by atoms with Gasteiger partial charge in [-0.05, 0) is 11.6 Å². The molecule has 0 aliphatic heterocycles. The minimum absolute atomic E-state index is 0.652. The van der Waals surface area contributed by atoms with Crippen molar-refractivity contribution in [3.63, 3.8) is 0 Å². The van der Waals surface area contributed by atoms with Crippen molar-refractivity contribution in [1.29, 1.82) is 0 Å². The molecule has 0 heterocycles. The van der Waals surface area contributed by atoms with Gasteiger partial charge in [0.15, 0.2) is 0 Å². The second-order valence-electron chi connectivity index (χ2n) is 2.25. The second-order valence-corrected chi connectivity index (χ2v) is 2.25. The van der Waals surface area contributed by atoms with Gasteiger partial charge in [0.25, 0.3) is 0 Å². The van der Waals surface area contributed by atoms with E-state index in [4.69, 9.17) is 10.2 Å². The number of carboxylic acid groups (broad SMARTS) is 1. The number of carboxylic acids is 1. The Bertz CT molecular complexity index is 301. The lowest BCUT2D eigenvalue weighted by Crippen LogP contribution is -1.98. The molecule has 1 rings (SSSR count). The van der Waals surface area contributed by atoms with Crippen LogP contribution in [0.5, 0.6) is 0 Å². The van der Waals surface area contributed by atoms with Crippen molar-refractivity contribution in [3.05, 3.63) is 41.7 Å². The molecule has 0 aliphatic carbocycles. The number of carbonyl (C=O) groups is 1. The van der Waals surface area contributed by atoms with Gasteiger partial charge in [-0.1, -0.05) is 30.3 Å². The summed E-state index contributed by atoms with van der Waals surface area (Å²) < 4.78 is 0. The molecule has 12 heavy (non-hydrogen) atoms. The van der Waals surface area contributed by atoms with Crippen molar-refractivity contribution in [2.45, 2.75) is 0 Å². The van der Waals surface area contributed by atoms with Crippen LogP contribution >= 0.6 is 0 Å². The van der Waals surface area contributed by atoms with Gasteiger partial charge in [0, 0.05) is 0 Å². The molecule has 0 saturated carbocycles. The van der Waals surface area contributed by atoms with Gasteiger partial charge < -0.3 is 10.2 Å². The van der Waals surface area contributed by atoms with Crippen LogP contribution in [0.3, 0.4) is 0 Å². The van der Waals surface area contributed by atoms with Crippen LogP contribution in [0.4, 0.5) is 0 Å². The highest BCUT2D eigenvalue weighted by Crippen LogP contribution is 2.03. The van der Waals surface area contributed by atoms with Crippen LogP contribution in [0.2, 0.25) is 0 Å². The van der Waals surface area contributed by atoms with Crippen LogP contribution in [0.15, 0.2) is 36.1 Å². The molecule has 62 valence electrons. The number of rotatable bonds is 2. The normalized spacial score (nSPS) is 11.2. The predicted octanol–water partition coefficient (Wildman–Crippen LogP) is 1.67. The van der Waals surface area contributed by atoms with E-state index in [2.05, 4.69) is 0 Å². The zero-order valence-corrected chi connectivity index (χ0v) is 6.27. The minimum atomic E-state index is -1.32. The number of benzene rings is 1. The molecule has 1 aromatic rings. The fraction of sp³-hybridized carbons (Fsp3) is 0. The van der Waals surface area contributed by atoms with Crippen LogP contribution in [0.1, 0.15) is 5.56 Å². The number of aliphatic hydroxyl groups excluding tert-OH is 1. The number of hydrogen-bond acceptors (Lipinski definition) is 2. The molecule has 0 aromatic heterocycles. The van der Waals surface area contributed by atoms with Crippen LogP contribution < -0.4 is 0 Å². The number of aliphatic carboxylic acids is 1. The number of hydrogen-bond donors (Lipinski definition) is 2. The van der Waals surface area contributed by atoms with E-state index in [0.29, 0.717) is 5.56 Å². The molecule has 0 atom stereocenters. The molecular formula is C9H8O3. The summed E-state index contributed by atoms with van der Waals surface area (Å²) in [7, 11) is 0. The molecule has 1 aromatic carbocycles. The molecule has 0 unspecified atom stereocenters. The van der Waals surface area contributed by atoms with Crippen LogP contribution in [-0.4, -0.2) is 16.2 Å². The zero-order chi connectivity index (χ0) is 8.97. The molecule has 0 aliphatic rings. The van der Waals surface area contributed by atoms with Gasteiger partial charge in [-0.15, -0.1) is 0 Å². The fourth-order valence-electron chi connectivity index (χ4n) is 0.769. The summed E-state index contributed by atoms with van der Waals surface area (Å²) in [6.45, 7) is 0. The molecule has 0 radical (unpaired) electrons. The standard InChI is InChI=1S/C9H8O3/c10-8(9(11)12)6-7-4-2-1-3-5-7/h1-6,10H,(H,11,12)/b8-6-. The SMILES string of the molecule is O=C(O)/C(O)=C/c1ccccc1. The van der Waals surface area contributed by atoms with Gasteiger partial charge in [0.05, 0.1) is 0 Å². The molecule has 3 nitrogen and oxygen atoms in total. The van der Waals surface area contributed by atoms with E-state index < -0.39 is 11.7 Å². The molecule has 0 bridgehead atoms. The third kappa shape index (κ3) is 2.12. The lowest BCUT2D eigenvalue weighted by molar-refractivity contribution is -0.135. The average Bonchev–Trinajstić information content (AvgIpc) is 2.06. The maximum absolute atomic E-state index is 10.2. The Balaban J connectivity index is 2.89. The highest BCUT2D eigenvalue weighted by Gasteiger charge is 2.01. The summed E-state index contributed by atoms with van der Waals surface area (Å²) in [5.41, 5.74) is 0.664. The van der Waals surface area contributed by atoms with E-state index in [1.807, 2.05) is 6.07 Å². The first-order valence-electron chi connectivity index (χ1n) is 3.39. The molecule has 2 N–H and O–H groups in total. The predicted molar refractivity (Wildman–Crippen MR) is 44.7 cm³/mol. The van der Waals surface area contributed by atoms with E-state index >= 15 is 0 Å². The zero-order valence-electron chi connectivity index (χ0n) is 6.27. The first kappa shape index (κ1) is 8.33. The highest BCUT2D eigenvalue weighted by atomic mass is 16.4. The highest BCUT2D eigenvalue weighted by molar-refractivity contribution is 5.89. The summed E-state index contributed by atoms with van der Waals surface area (Å²) in [4.78, 5) is 10.2. The Labute approximate surface area is 69.6 Å². The van der Waals surface area contributed by atoms with Gasteiger partial charge in [0.1, 0.15) is 0 Å². The monoisotopic (exact) mass is 164 g/mol. The summed E-state index contributed by atoms with van der Waals surface area (Å²) in [5.74, 6) is -1.97. The van der Waals surface area contributed by atoms with Gasteiger partial charge in [-0.25, -0.2) is 4.79 Å². The third-order valence-electron chi connectivity index (χ3n) is 1.32. The van der Waals surface area contributed by atoms with Gasteiger partial charge in [-0.3, -0.25) is 0 Å². The Kier molecular flexibility index (Phi) is 2.48. The van der Waals surface area contributed by atoms with Crippen molar-refractivity contribution in [3.8, 4) is 0 Å². The van der Waals surface area contributed by atoms with Crippen molar-refractivity contribution < 1.29 is 15.0 Å². The van der Waals surface area contributed by atoms with Crippen LogP contribution in [-0.2, 0) is 4.79 Å². The molecule has 0 fully saturated rings. The van der Waals surface area contributed by atoms with Crippen molar-refractivity contribution in [2.75, 3.05) is 0 Å². The van der Waals surface area contributed by atoms with Crippen molar-refractivity contribution >= 4 is 12.0 Å². The van der Waals surface area contributed by atoms with E-state index in [-0.39, 0.29) is 0 Å². The Morgan fingerprint density at radius 3 is 2.25 bits per heavy atom. The van der Waals surface area contributed by atoms with Crippen molar-refractivity contribution in [2.24, 2.45) is 0 Å². The van der Waals surface area contributed by atoms with E-state index in [9.17, 15) is 4.79 Å². The average molecular weight is 164 g/mol. The third-order valence-corrected chi connectivity index (χ3v) is 1.32. The summed E-state index contributed by atoms with van der Waals surface area (Å²) in [6, 6.07) is 8.76. The van der Waals surface area contributed by atoms with E-state index in [1.165, 1.54) is 6.08 Å². The molecular weight excluding hydrogens is 156 g/mol. The smallest absolute Gasteiger partial charge is 0.370 e. The first-order valence-corrected chi connectivity index (χ1v) is 3.39. The Morgan fingerprint density at radius 2 is 1.75 bits per heavy atom. The van der Waals surface area contributed by atoms with Crippen LogP contribution in [0, 0.1) is 0 Å². The second kappa shape index (κ2) is 3.57.